The second-order valence-electron chi connectivity index (χ2n) is 10.2. The van der Waals surface area contributed by atoms with Crippen LogP contribution in [0, 0.1) is 5.82 Å². The Balaban J connectivity index is 1.58. The number of piperazine rings is 1. The van der Waals surface area contributed by atoms with Gasteiger partial charge in [0.05, 0.1) is 11.7 Å². The maximum Gasteiger partial charge on any atom is 0.261 e. The molecule has 2 amide bonds. The maximum absolute atomic E-state index is 15.0. The normalized spacial score (nSPS) is 22.7. The Kier molecular flexibility index (Phi) is 8.06. The van der Waals surface area contributed by atoms with Gasteiger partial charge in [0.25, 0.3) is 5.91 Å². The van der Waals surface area contributed by atoms with Gasteiger partial charge in [-0.1, -0.05) is 30.3 Å². The number of carbonyl (C=O) groups is 2. The number of pyridine rings is 1. The third-order valence-electron chi connectivity index (χ3n) is 7.72. The van der Waals surface area contributed by atoms with Crippen molar-refractivity contribution in [3.63, 3.8) is 0 Å². The molecule has 1 aromatic carbocycles. The zero-order valence-electron chi connectivity index (χ0n) is 22.3. The molecule has 4 heterocycles. The minimum absolute atomic E-state index is 0.0669. The van der Waals surface area contributed by atoms with Crippen LogP contribution in [0.3, 0.4) is 0 Å². The van der Waals surface area contributed by atoms with Gasteiger partial charge in [-0.25, -0.2) is 9.37 Å². The lowest BCUT2D eigenvalue weighted by Gasteiger charge is -2.39. The van der Waals surface area contributed by atoms with Gasteiger partial charge < -0.3 is 30.1 Å². The molecule has 9 nitrogen and oxygen atoms in total. The first kappa shape index (κ1) is 27.4. The van der Waals surface area contributed by atoms with Gasteiger partial charge in [0.1, 0.15) is 28.8 Å². The number of ether oxygens (including phenoxy) is 1. The Bertz CT molecular complexity index is 1280. The molecule has 3 aliphatic rings. The third-order valence-corrected chi connectivity index (χ3v) is 8.07. The summed E-state index contributed by atoms with van der Waals surface area (Å²) in [5, 5.41) is 6.80. The van der Waals surface area contributed by atoms with Crippen molar-refractivity contribution < 1.29 is 18.7 Å². The second kappa shape index (κ2) is 11.5. The van der Waals surface area contributed by atoms with Gasteiger partial charge >= 0.3 is 0 Å². The number of amides is 2. The number of likely N-dealkylation sites (N-methyl/N-ethyl adjacent to an activating group) is 1. The molecule has 0 aliphatic carbocycles. The molecular formula is C28H34ClFN6O3. The molecule has 0 bridgehead atoms. The van der Waals surface area contributed by atoms with E-state index in [1.165, 1.54) is 12.1 Å². The number of aromatic nitrogens is 1. The number of hydrogen-bond acceptors (Lipinski definition) is 7. The summed E-state index contributed by atoms with van der Waals surface area (Å²) in [6, 6.07) is 6.20. The molecule has 2 aromatic rings. The smallest absolute Gasteiger partial charge is 0.261 e. The van der Waals surface area contributed by atoms with Crippen LogP contribution in [-0.2, 0) is 4.79 Å². The number of halogens is 2. The molecule has 1 aromatic heterocycles. The maximum atomic E-state index is 15.0. The molecule has 0 saturated carbocycles. The molecule has 11 heteroatoms. The molecular weight excluding hydrogens is 523 g/mol. The molecule has 3 atom stereocenters. The Morgan fingerprint density at radius 3 is 2.79 bits per heavy atom. The summed E-state index contributed by atoms with van der Waals surface area (Å²) < 4.78 is 21.2. The lowest BCUT2D eigenvalue weighted by molar-refractivity contribution is -0.128. The fraction of sp³-hybridized carbons (Fsp3) is 0.464. The van der Waals surface area contributed by atoms with E-state index in [2.05, 4.69) is 29.0 Å². The van der Waals surface area contributed by atoms with E-state index in [1.54, 1.807) is 28.0 Å². The highest BCUT2D eigenvalue weighted by Crippen LogP contribution is 2.45. The predicted molar refractivity (Wildman–Crippen MR) is 149 cm³/mol. The van der Waals surface area contributed by atoms with Crippen molar-refractivity contribution >= 4 is 29.2 Å². The highest BCUT2D eigenvalue weighted by atomic mass is 35.5. The minimum Gasteiger partial charge on any atom is -0.489 e. The van der Waals surface area contributed by atoms with Crippen LogP contribution in [-0.4, -0.2) is 97.6 Å². The molecule has 3 aliphatic heterocycles. The highest BCUT2D eigenvalue weighted by Gasteiger charge is 2.42. The predicted octanol–water partition coefficient (Wildman–Crippen LogP) is 2.55. The van der Waals surface area contributed by atoms with E-state index >= 15 is 0 Å². The van der Waals surface area contributed by atoms with Gasteiger partial charge in [-0.05, 0) is 38.6 Å². The average molecular weight is 557 g/mol. The number of carbonyl (C=O) groups excluding carboxylic acids is 2. The van der Waals surface area contributed by atoms with Crippen molar-refractivity contribution in [2.24, 2.45) is 0 Å². The summed E-state index contributed by atoms with van der Waals surface area (Å²) in [5.74, 6) is -0.252. The summed E-state index contributed by atoms with van der Waals surface area (Å²) >= 11 is 6.86. The van der Waals surface area contributed by atoms with Crippen molar-refractivity contribution in [1.82, 2.24) is 25.4 Å². The number of anilines is 1. The molecule has 2 N–H and O–H groups in total. The summed E-state index contributed by atoms with van der Waals surface area (Å²) in [6.45, 7) is 9.16. The van der Waals surface area contributed by atoms with Crippen LogP contribution in [0.1, 0.15) is 23.7 Å². The number of benzene rings is 1. The Morgan fingerprint density at radius 2 is 2.05 bits per heavy atom. The van der Waals surface area contributed by atoms with Crippen molar-refractivity contribution in [2.45, 2.75) is 31.5 Å². The van der Waals surface area contributed by atoms with E-state index < -0.39 is 5.82 Å². The van der Waals surface area contributed by atoms with E-state index in [1.807, 2.05) is 7.05 Å². The number of hydrogen-bond donors (Lipinski definition) is 2. The topological polar surface area (TPSA) is 90.0 Å². The van der Waals surface area contributed by atoms with E-state index in [9.17, 15) is 14.0 Å². The first-order valence-electron chi connectivity index (χ1n) is 13.3. The molecule has 2 saturated heterocycles. The molecule has 208 valence electrons. The van der Waals surface area contributed by atoms with Crippen molar-refractivity contribution in [2.75, 3.05) is 57.8 Å². The number of nitrogens with one attached hydrogen (secondary N) is 2. The van der Waals surface area contributed by atoms with Crippen LogP contribution < -0.4 is 20.3 Å². The van der Waals surface area contributed by atoms with Gasteiger partial charge in [-0.15, -0.1) is 0 Å². The first-order chi connectivity index (χ1) is 18.8. The standard InChI is InChI=1S/C28H34ClFN6O3/c1-4-22(37)34-11-12-35-19(15-34)16-39-26-23(28(35)38)27(36-14-18(13-17(36)2)32-10-9-31-3)33-25(24(26)29)20-7-5-6-8-21(20)30/h4-8,17-19,31-32H,1,9-16H2,2-3H3/t17-,18+,19+/m0/s1. The fourth-order valence-corrected chi connectivity index (χ4v) is 5.98. The molecule has 0 unspecified atom stereocenters. The minimum atomic E-state index is -0.463. The average Bonchev–Trinajstić information content (AvgIpc) is 3.24. The van der Waals surface area contributed by atoms with Crippen molar-refractivity contribution in [3.05, 3.63) is 53.3 Å². The van der Waals surface area contributed by atoms with E-state index in [0.717, 1.165) is 19.5 Å². The van der Waals surface area contributed by atoms with Gasteiger partial charge in [0, 0.05) is 56.9 Å². The van der Waals surface area contributed by atoms with Crippen molar-refractivity contribution in [1.29, 1.82) is 0 Å². The fourth-order valence-electron chi connectivity index (χ4n) is 5.69. The van der Waals surface area contributed by atoms with Gasteiger partial charge in [-0.3, -0.25) is 9.59 Å². The molecule has 39 heavy (non-hydrogen) atoms. The first-order valence-corrected chi connectivity index (χ1v) is 13.7. The Morgan fingerprint density at radius 1 is 1.26 bits per heavy atom. The monoisotopic (exact) mass is 556 g/mol. The summed E-state index contributed by atoms with van der Waals surface area (Å²) in [4.78, 5) is 36.8. The zero-order valence-corrected chi connectivity index (χ0v) is 23.0. The van der Waals surface area contributed by atoms with Gasteiger partial charge in [0.2, 0.25) is 5.91 Å². The van der Waals surface area contributed by atoms with Crippen LogP contribution in [0.2, 0.25) is 5.02 Å². The Labute approximate surface area is 232 Å². The number of fused-ring (bicyclic) bond motifs is 2. The molecule has 2 fully saturated rings. The number of nitrogens with zero attached hydrogens (tertiary/aromatic N) is 4. The largest absolute Gasteiger partial charge is 0.489 e. The zero-order chi connectivity index (χ0) is 27.7. The molecule has 0 radical (unpaired) electrons. The lowest BCUT2D eigenvalue weighted by Crippen LogP contribution is -2.57. The highest BCUT2D eigenvalue weighted by molar-refractivity contribution is 6.35. The van der Waals surface area contributed by atoms with Crippen LogP contribution in [0.5, 0.6) is 5.75 Å². The lowest BCUT2D eigenvalue weighted by atomic mass is 10.1. The third kappa shape index (κ3) is 5.20. The van der Waals surface area contributed by atoms with E-state index in [4.69, 9.17) is 21.3 Å². The molecule has 0 spiro atoms. The molecule has 5 rings (SSSR count). The van der Waals surface area contributed by atoms with E-state index in [-0.39, 0.29) is 64.1 Å². The van der Waals surface area contributed by atoms with Crippen LogP contribution in [0.25, 0.3) is 11.3 Å². The summed E-state index contributed by atoms with van der Waals surface area (Å²) in [7, 11) is 1.91. The SMILES string of the molecule is C=CC(=O)N1CCN2C(=O)c3c(N4C[C@H](NCCNC)C[C@@H]4C)nc(-c4ccccc4F)c(Cl)c3OC[C@H]2C1. The van der Waals surface area contributed by atoms with E-state index in [0.29, 0.717) is 32.0 Å². The van der Waals surface area contributed by atoms with Crippen LogP contribution >= 0.6 is 11.6 Å². The second-order valence-corrected chi connectivity index (χ2v) is 10.6. The quantitative estimate of drug-likeness (QED) is 0.400. The van der Waals surface area contributed by atoms with Gasteiger partial charge in [-0.2, -0.15) is 0 Å². The summed E-state index contributed by atoms with van der Waals surface area (Å²) in [6.07, 6.45) is 2.14. The van der Waals surface area contributed by atoms with Crippen molar-refractivity contribution in [3.8, 4) is 17.0 Å². The van der Waals surface area contributed by atoms with Crippen LogP contribution in [0.15, 0.2) is 36.9 Å². The van der Waals surface area contributed by atoms with Crippen LogP contribution in [0.4, 0.5) is 10.2 Å². The number of rotatable bonds is 7. The van der Waals surface area contributed by atoms with Gasteiger partial charge in [0.15, 0.2) is 5.75 Å². The Hall–Kier alpha value is -3.21. The summed E-state index contributed by atoms with van der Waals surface area (Å²) in [5.41, 5.74) is 0.759.